The highest BCUT2D eigenvalue weighted by molar-refractivity contribution is 7.14. The molecule has 4 rings (SSSR count). The molecule has 23 heavy (non-hydrogen) atoms. The molecule has 0 radical (unpaired) electrons. The Morgan fingerprint density at radius 2 is 1.96 bits per heavy atom. The molecule has 2 heterocycles. The molecule has 0 saturated heterocycles. The lowest BCUT2D eigenvalue weighted by Gasteiger charge is -2.05. The third-order valence-corrected chi connectivity index (χ3v) is 5.36. The van der Waals surface area contributed by atoms with Crippen LogP contribution in [-0.4, -0.2) is 4.57 Å². The standard InChI is InChI=1S/C18H15ClN2OS/c19-16-8-13(20)2-5-15(16)12-7-17(23-10-12)11-1-6-18(22)21(9-11)14-3-4-14/h1-2,5-10,14H,3-4,20H2. The van der Waals surface area contributed by atoms with E-state index in [0.717, 1.165) is 34.4 Å². The Bertz CT molecular complexity index is 940. The Balaban J connectivity index is 1.73. The molecule has 5 heteroatoms. The maximum absolute atomic E-state index is 11.9. The zero-order valence-electron chi connectivity index (χ0n) is 12.3. The van der Waals surface area contributed by atoms with Gasteiger partial charge in [-0.1, -0.05) is 17.7 Å². The van der Waals surface area contributed by atoms with Gasteiger partial charge in [0, 0.05) is 40.0 Å². The van der Waals surface area contributed by atoms with Crippen molar-refractivity contribution in [1.29, 1.82) is 0 Å². The van der Waals surface area contributed by atoms with Crippen LogP contribution < -0.4 is 11.3 Å². The highest BCUT2D eigenvalue weighted by Crippen LogP contribution is 2.38. The monoisotopic (exact) mass is 342 g/mol. The molecule has 3 nitrogen and oxygen atoms in total. The molecule has 0 atom stereocenters. The molecule has 0 bridgehead atoms. The number of nitrogen functional groups attached to an aromatic ring is 1. The van der Waals surface area contributed by atoms with Gasteiger partial charge in [-0.05, 0) is 48.1 Å². The summed E-state index contributed by atoms with van der Waals surface area (Å²) in [6, 6.07) is 11.6. The third-order valence-electron chi connectivity index (χ3n) is 4.07. The van der Waals surface area contributed by atoms with E-state index < -0.39 is 0 Å². The SMILES string of the molecule is Nc1ccc(-c2csc(-c3ccc(=O)n(C4CC4)c3)c2)c(Cl)c1. The summed E-state index contributed by atoms with van der Waals surface area (Å²) in [5, 5.41) is 2.73. The highest BCUT2D eigenvalue weighted by atomic mass is 35.5. The molecular weight excluding hydrogens is 328 g/mol. The molecule has 1 saturated carbocycles. The van der Waals surface area contributed by atoms with E-state index in [1.165, 1.54) is 0 Å². The Kier molecular flexibility index (Phi) is 3.51. The zero-order valence-corrected chi connectivity index (χ0v) is 13.9. The summed E-state index contributed by atoms with van der Waals surface area (Å²) in [5.74, 6) is 0. The third kappa shape index (κ3) is 2.80. The zero-order chi connectivity index (χ0) is 16.0. The van der Waals surface area contributed by atoms with Gasteiger partial charge in [-0.15, -0.1) is 11.3 Å². The molecule has 116 valence electrons. The van der Waals surface area contributed by atoms with Crippen LogP contribution in [-0.2, 0) is 0 Å². The molecule has 1 aromatic carbocycles. The van der Waals surface area contributed by atoms with Gasteiger partial charge < -0.3 is 10.3 Å². The van der Waals surface area contributed by atoms with Crippen molar-refractivity contribution in [2.24, 2.45) is 0 Å². The number of thiophene rings is 1. The number of benzene rings is 1. The molecule has 1 fully saturated rings. The van der Waals surface area contributed by atoms with Crippen molar-refractivity contribution in [1.82, 2.24) is 4.57 Å². The molecular formula is C18H15ClN2OS. The number of hydrogen-bond donors (Lipinski definition) is 1. The first-order chi connectivity index (χ1) is 11.1. The number of nitrogens with zero attached hydrogens (tertiary/aromatic N) is 1. The summed E-state index contributed by atoms with van der Waals surface area (Å²) < 4.78 is 1.85. The lowest BCUT2D eigenvalue weighted by atomic mass is 10.1. The van der Waals surface area contributed by atoms with E-state index in [9.17, 15) is 4.79 Å². The van der Waals surface area contributed by atoms with E-state index in [2.05, 4.69) is 11.4 Å². The predicted octanol–water partition coefficient (Wildman–Crippen LogP) is 4.81. The molecule has 0 spiro atoms. The van der Waals surface area contributed by atoms with Gasteiger partial charge in [-0.3, -0.25) is 4.79 Å². The Morgan fingerprint density at radius 3 is 2.70 bits per heavy atom. The Morgan fingerprint density at radius 1 is 1.13 bits per heavy atom. The van der Waals surface area contributed by atoms with Crippen molar-refractivity contribution in [3.63, 3.8) is 0 Å². The number of aromatic nitrogens is 1. The van der Waals surface area contributed by atoms with Crippen LogP contribution in [0.2, 0.25) is 5.02 Å². The fourth-order valence-corrected chi connectivity index (χ4v) is 3.88. The normalized spacial score (nSPS) is 14.1. The first-order valence-electron chi connectivity index (χ1n) is 7.48. The number of halogens is 1. The second-order valence-corrected chi connectivity index (χ2v) is 7.15. The van der Waals surface area contributed by atoms with Crippen molar-refractivity contribution in [3.05, 3.63) is 63.4 Å². The first-order valence-corrected chi connectivity index (χ1v) is 8.74. The molecule has 0 unspecified atom stereocenters. The Hall–Kier alpha value is -2.04. The van der Waals surface area contributed by atoms with Gasteiger partial charge in [0.1, 0.15) is 0 Å². The number of pyridine rings is 1. The van der Waals surface area contributed by atoms with E-state index in [4.69, 9.17) is 17.3 Å². The largest absolute Gasteiger partial charge is 0.399 e. The van der Waals surface area contributed by atoms with Crippen LogP contribution in [0.3, 0.4) is 0 Å². The van der Waals surface area contributed by atoms with E-state index in [0.29, 0.717) is 16.8 Å². The van der Waals surface area contributed by atoms with Crippen LogP contribution in [0.15, 0.2) is 52.8 Å². The average molecular weight is 343 g/mol. The average Bonchev–Trinajstić information content (AvgIpc) is 3.25. The second-order valence-electron chi connectivity index (χ2n) is 5.83. The van der Waals surface area contributed by atoms with Crippen molar-refractivity contribution in [3.8, 4) is 21.6 Å². The van der Waals surface area contributed by atoms with Crippen LogP contribution in [0, 0.1) is 0 Å². The molecule has 2 aromatic heterocycles. The van der Waals surface area contributed by atoms with E-state index in [1.807, 2.05) is 29.0 Å². The van der Waals surface area contributed by atoms with E-state index in [1.54, 1.807) is 23.5 Å². The summed E-state index contributed by atoms with van der Waals surface area (Å²) >= 11 is 7.95. The predicted molar refractivity (Wildman–Crippen MR) is 97.1 cm³/mol. The minimum Gasteiger partial charge on any atom is -0.399 e. The van der Waals surface area contributed by atoms with Gasteiger partial charge in [-0.2, -0.15) is 0 Å². The maximum Gasteiger partial charge on any atom is 0.250 e. The lowest BCUT2D eigenvalue weighted by molar-refractivity contribution is 0.709. The number of nitrogens with two attached hydrogens (primary N) is 1. The molecule has 3 aromatic rings. The minimum atomic E-state index is 0.0783. The molecule has 1 aliphatic rings. The Labute approximate surface area is 143 Å². The quantitative estimate of drug-likeness (QED) is 0.694. The van der Waals surface area contributed by atoms with E-state index >= 15 is 0 Å². The highest BCUT2D eigenvalue weighted by Gasteiger charge is 2.24. The number of rotatable bonds is 3. The smallest absolute Gasteiger partial charge is 0.250 e. The fraction of sp³-hybridized carbons (Fsp3) is 0.167. The lowest BCUT2D eigenvalue weighted by Crippen LogP contribution is -2.16. The van der Waals surface area contributed by atoms with Crippen LogP contribution >= 0.6 is 22.9 Å². The van der Waals surface area contributed by atoms with E-state index in [-0.39, 0.29) is 5.56 Å². The molecule has 2 N–H and O–H groups in total. The van der Waals surface area contributed by atoms with Crippen LogP contribution in [0.25, 0.3) is 21.6 Å². The van der Waals surface area contributed by atoms with Crippen LogP contribution in [0.4, 0.5) is 5.69 Å². The molecule has 0 aliphatic heterocycles. The van der Waals surface area contributed by atoms with Gasteiger partial charge in [0.25, 0.3) is 5.56 Å². The summed E-state index contributed by atoms with van der Waals surface area (Å²) in [6.07, 6.45) is 4.17. The van der Waals surface area contributed by atoms with Crippen molar-refractivity contribution < 1.29 is 0 Å². The van der Waals surface area contributed by atoms with Crippen molar-refractivity contribution >= 4 is 28.6 Å². The summed E-state index contributed by atoms with van der Waals surface area (Å²) in [7, 11) is 0. The maximum atomic E-state index is 11.9. The number of hydrogen-bond acceptors (Lipinski definition) is 3. The minimum absolute atomic E-state index is 0.0783. The van der Waals surface area contributed by atoms with Gasteiger partial charge in [0.05, 0.1) is 5.02 Å². The van der Waals surface area contributed by atoms with Crippen molar-refractivity contribution in [2.45, 2.75) is 18.9 Å². The summed E-state index contributed by atoms with van der Waals surface area (Å²) in [5.41, 5.74) is 9.60. The molecule has 1 aliphatic carbocycles. The van der Waals surface area contributed by atoms with Gasteiger partial charge in [0.15, 0.2) is 0 Å². The summed E-state index contributed by atoms with van der Waals surface area (Å²) in [4.78, 5) is 13.1. The van der Waals surface area contributed by atoms with Gasteiger partial charge >= 0.3 is 0 Å². The van der Waals surface area contributed by atoms with Crippen molar-refractivity contribution in [2.75, 3.05) is 5.73 Å². The van der Waals surface area contributed by atoms with Crippen LogP contribution in [0.5, 0.6) is 0 Å². The topological polar surface area (TPSA) is 48.0 Å². The molecule has 0 amide bonds. The summed E-state index contributed by atoms with van der Waals surface area (Å²) in [6.45, 7) is 0. The second kappa shape index (κ2) is 5.55. The first kappa shape index (κ1) is 14.5. The van der Waals surface area contributed by atoms with Gasteiger partial charge in [0.2, 0.25) is 0 Å². The fourth-order valence-electron chi connectivity index (χ4n) is 2.68. The van der Waals surface area contributed by atoms with Gasteiger partial charge in [-0.25, -0.2) is 0 Å². The number of anilines is 1. The van der Waals surface area contributed by atoms with Crippen LogP contribution in [0.1, 0.15) is 18.9 Å².